The van der Waals surface area contributed by atoms with E-state index >= 15 is 0 Å². The first-order valence-electron chi connectivity index (χ1n) is 8.02. The van der Waals surface area contributed by atoms with Crippen molar-refractivity contribution in [2.45, 2.75) is 25.8 Å². The monoisotopic (exact) mass is 337 g/mol. The molecule has 1 aliphatic heterocycles. The minimum Gasteiger partial charge on any atom is -1.00 e. The molecule has 0 aliphatic carbocycles. The maximum absolute atomic E-state index is 13.3. The molecule has 3 rings (SSSR count). The fourth-order valence-electron chi connectivity index (χ4n) is 3.35. The molecule has 0 amide bonds. The minimum atomic E-state index is -0.758. The quantitative estimate of drug-likeness (QED) is 0.801. The molecule has 1 fully saturated rings. The lowest BCUT2D eigenvalue weighted by Crippen LogP contribution is -3.11. The van der Waals surface area contributed by atoms with Crippen molar-refractivity contribution in [2.75, 3.05) is 13.1 Å². The smallest absolute Gasteiger partial charge is 0.159 e. The minimum absolute atomic E-state index is 0. The molecule has 0 aromatic heterocycles. The number of quaternary nitrogens is 1. The maximum Gasteiger partial charge on any atom is 0.159 e. The summed E-state index contributed by atoms with van der Waals surface area (Å²) >= 11 is 0. The standard InChI is InChI=1S/C19H21F2N.ClH/c20-18-7-6-17(13-19(18)21)12-15-8-10-22(11-9-15)14-16-4-2-1-3-5-16;/h1-7,13,15H,8-12,14H2;1H. The zero-order chi connectivity index (χ0) is 15.4. The van der Waals surface area contributed by atoms with Gasteiger partial charge < -0.3 is 17.3 Å². The van der Waals surface area contributed by atoms with Crippen LogP contribution in [0, 0.1) is 17.6 Å². The van der Waals surface area contributed by atoms with Crippen molar-refractivity contribution < 1.29 is 26.1 Å². The number of rotatable bonds is 4. The van der Waals surface area contributed by atoms with Gasteiger partial charge in [0, 0.05) is 5.56 Å². The first-order chi connectivity index (χ1) is 10.7. The number of hydrogen-bond acceptors (Lipinski definition) is 0. The predicted molar refractivity (Wildman–Crippen MR) is 83.6 cm³/mol. The molecule has 2 aromatic carbocycles. The molecule has 1 nitrogen and oxygen atoms in total. The van der Waals surface area contributed by atoms with Crippen molar-refractivity contribution in [2.24, 2.45) is 5.92 Å². The summed E-state index contributed by atoms with van der Waals surface area (Å²) in [5.41, 5.74) is 2.30. The molecule has 0 atom stereocenters. The fraction of sp³-hybridized carbons (Fsp3) is 0.368. The molecule has 23 heavy (non-hydrogen) atoms. The Bertz CT molecular complexity index is 610. The summed E-state index contributed by atoms with van der Waals surface area (Å²) in [6.07, 6.45) is 3.16. The average Bonchev–Trinajstić information content (AvgIpc) is 2.54. The third-order valence-electron chi connectivity index (χ3n) is 4.62. The molecule has 1 saturated heterocycles. The van der Waals surface area contributed by atoms with Crippen LogP contribution in [0.5, 0.6) is 0 Å². The zero-order valence-corrected chi connectivity index (χ0v) is 13.8. The fourth-order valence-corrected chi connectivity index (χ4v) is 3.35. The van der Waals surface area contributed by atoms with Crippen LogP contribution >= 0.6 is 0 Å². The molecular weight excluding hydrogens is 316 g/mol. The molecule has 0 bridgehead atoms. The second kappa shape index (κ2) is 8.42. The van der Waals surface area contributed by atoms with Gasteiger partial charge in [-0.15, -0.1) is 0 Å². The number of piperidine rings is 1. The summed E-state index contributed by atoms with van der Waals surface area (Å²) in [5, 5.41) is 0. The maximum atomic E-state index is 13.3. The second-order valence-corrected chi connectivity index (χ2v) is 6.31. The Labute approximate surface area is 142 Å². The van der Waals surface area contributed by atoms with Gasteiger partial charge in [0.15, 0.2) is 11.6 Å². The van der Waals surface area contributed by atoms with Gasteiger partial charge in [-0.1, -0.05) is 36.4 Å². The Morgan fingerprint density at radius 3 is 2.22 bits per heavy atom. The Morgan fingerprint density at radius 2 is 1.57 bits per heavy atom. The van der Waals surface area contributed by atoms with Crippen molar-refractivity contribution in [3.8, 4) is 0 Å². The van der Waals surface area contributed by atoms with E-state index in [0.29, 0.717) is 5.92 Å². The molecule has 0 saturated carbocycles. The Kier molecular flexibility index (Phi) is 6.55. The molecule has 2 aromatic rings. The largest absolute Gasteiger partial charge is 1.00 e. The van der Waals surface area contributed by atoms with Gasteiger partial charge in [0.2, 0.25) is 0 Å². The Balaban J connectivity index is 0.00000192. The Hall–Kier alpha value is -1.45. The van der Waals surface area contributed by atoms with Gasteiger partial charge >= 0.3 is 0 Å². The molecule has 0 spiro atoms. The third kappa shape index (κ3) is 5.02. The highest BCUT2D eigenvalue weighted by atomic mass is 35.5. The second-order valence-electron chi connectivity index (χ2n) is 6.31. The average molecular weight is 338 g/mol. The third-order valence-corrected chi connectivity index (χ3v) is 4.62. The van der Waals surface area contributed by atoms with Gasteiger partial charge in [0.25, 0.3) is 0 Å². The van der Waals surface area contributed by atoms with Crippen LogP contribution < -0.4 is 17.3 Å². The highest BCUT2D eigenvalue weighted by Crippen LogP contribution is 2.18. The van der Waals surface area contributed by atoms with Crippen molar-refractivity contribution in [3.63, 3.8) is 0 Å². The lowest BCUT2D eigenvalue weighted by atomic mass is 9.90. The van der Waals surface area contributed by atoms with Crippen LogP contribution in [0.25, 0.3) is 0 Å². The van der Waals surface area contributed by atoms with Gasteiger partial charge in [-0.25, -0.2) is 8.78 Å². The summed E-state index contributed by atoms with van der Waals surface area (Å²) in [5.74, 6) is -0.903. The Morgan fingerprint density at radius 1 is 0.870 bits per heavy atom. The van der Waals surface area contributed by atoms with Crippen LogP contribution in [-0.2, 0) is 13.0 Å². The van der Waals surface area contributed by atoms with E-state index < -0.39 is 11.6 Å². The number of nitrogens with one attached hydrogen (secondary N) is 1. The molecule has 0 unspecified atom stereocenters. The van der Waals surface area contributed by atoms with Crippen LogP contribution in [0.3, 0.4) is 0 Å². The molecule has 4 heteroatoms. The number of halogens is 3. The van der Waals surface area contributed by atoms with E-state index in [4.69, 9.17) is 0 Å². The topological polar surface area (TPSA) is 4.44 Å². The van der Waals surface area contributed by atoms with Crippen LogP contribution in [0.4, 0.5) is 8.78 Å². The van der Waals surface area contributed by atoms with Crippen molar-refractivity contribution >= 4 is 0 Å². The van der Waals surface area contributed by atoms with E-state index in [1.165, 1.54) is 17.7 Å². The summed E-state index contributed by atoms with van der Waals surface area (Å²) < 4.78 is 26.2. The van der Waals surface area contributed by atoms with Crippen molar-refractivity contribution in [1.82, 2.24) is 0 Å². The van der Waals surface area contributed by atoms with Gasteiger partial charge in [0.1, 0.15) is 6.54 Å². The van der Waals surface area contributed by atoms with Crippen molar-refractivity contribution in [1.29, 1.82) is 0 Å². The summed E-state index contributed by atoms with van der Waals surface area (Å²) in [7, 11) is 0. The van der Waals surface area contributed by atoms with E-state index in [-0.39, 0.29) is 12.4 Å². The van der Waals surface area contributed by atoms with E-state index in [1.54, 1.807) is 11.0 Å². The molecule has 1 heterocycles. The lowest BCUT2D eigenvalue weighted by molar-refractivity contribution is -0.919. The van der Waals surface area contributed by atoms with Crippen LogP contribution in [0.2, 0.25) is 0 Å². The summed E-state index contributed by atoms with van der Waals surface area (Å²) in [6, 6.07) is 14.9. The van der Waals surface area contributed by atoms with Gasteiger partial charge in [-0.3, -0.25) is 0 Å². The zero-order valence-electron chi connectivity index (χ0n) is 13.1. The summed E-state index contributed by atoms with van der Waals surface area (Å²) in [6.45, 7) is 3.39. The SMILES string of the molecule is Fc1ccc(CC2CC[NH+](Cc3ccccc3)CC2)cc1F.[Cl-]. The molecule has 1 aliphatic rings. The van der Waals surface area contributed by atoms with Crippen molar-refractivity contribution in [3.05, 3.63) is 71.3 Å². The highest BCUT2D eigenvalue weighted by Gasteiger charge is 2.22. The lowest BCUT2D eigenvalue weighted by Gasteiger charge is -2.29. The van der Waals surface area contributed by atoms with E-state index in [9.17, 15) is 8.78 Å². The highest BCUT2D eigenvalue weighted by molar-refractivity contribution is 5.18. The summed E-state index contributed by atoms with van der Waals surface area (Å²) in [4.78, 5) is 1.62. The first-order valence-corrected chi connectivity index (χ1v) is 8.02. The molecular formula is C19H22ClF2N. The van der Waals surface area contributed by atoms with Crippen LogP contribution in [0.15, 0.2) is 48.5 Å². The van der Waals surface area contributed by atoms with Gasteiger partial charge in [-0.2, -0.15) is 0 Å². The van der Waals surface area contributed by atoms with Crippen LogP contribution in [-0.4, -0.2) is 13.1 Å². The van der Waals surface area contributed by atoms with Crippen LogP contribution in [0.1, 0.15) is 24.0 Å². The number of likely N-dealkylation sites (tertiary alicyclic amines) is 1. The number of benzene rings is 2. The van der Waals surface area contributed by atoms with E-state index in [1.807, 2.05) is 6.07 Å². The number of hydrogen-bond donors (Lipinski definition) is 1. The van der Waals surface area contributed by atoms with E-state index in [2.05, 4.69) is 24.3 Å². The first kappa shape index (κ1) is 17.9. The van der Waals surface area contributed by atoms with Gasteiger partial charge in [0.05, 0.1) is 13.1 Å². The van der Waals surface area contributed by atoms with Gasteiger partial charge in [-0.05, 0) is 42.9 Å². The molecule has 0 radical (unpaired) electrons. The predicted octanol–water partition coefficient (Wildman–Crippen LogP) is 0.00640. The normalized spacial score (nSPS) is 20.8. The molecule has 1 N–H and O–H groups in total. The van der Waals surface area contributed by atoms with E-state index in [0.717, 1.165) is 44.5 Å². The molecule has 124 valence electrons.